The summed E-state index contributed by atoms with van der Waals surface area (Å²) in [6, 6.07) is 11.5. The van der Waals surface area contributed by atoms with Gasteiger partial charge in [0.15, 0.2) is 11.5 Å². The van der Waals surface area contributed by atoms with Crippen LogP contribution in [0.1, 0.15) is 31.2 Å². The predicted octanol–water partition coefficient (Wildman–Crippen LogP) is 2.38. The number of hydrogen-bond donors (Lipinski definition) is 3. The van der Waals surface area contributed by atoms with Gasteiger partial charge in [0.05, 0.1) is 31.8 Å². The zero-order valence-electron chi connectivity index (χ0n) is 27.0. The summed E-state index contributed by atoms with van der Waals surface area (Å²) >= 11 is 0. The van der Waals surface area contributed by atoms with Gasteiger partial charge in [-0.1, -0.05) is 12.1 Å². The molecule has 0 aromatic heterocycles. The van der Waals surface area contributed by atoms with Crippen LogP contribution in [-0.2, 0) is 35.6 Å². The van der Waals surface area contributed by atoms with E-state index in [-0.39, 0.29) is 36.7 Å². The number of carbonyl (C=O) groups excluding carboxylic acids is 2. The highest BCUT2D eigenvalue weighted by atomic mass is 35.5. The third-order valence-electron chi connectivity index (χ3n) is 9.07. The van der Waals surface area contributed by atoms with Crippen LogP contribution in [0.5, 0.6) is 17.2 Å². The van der Waals surface area contributed by atoms with Crippen LogP contribution in [0.25, 0.3) is 0 Å². The number of amides is 2. The molecule has 5 rings (SSSR count). The van der Waals surface area contributed by atoms with Gasteiger partial charge in [-0.25, -0.2) is 8.42 Å². The molecule has 0 unspecified atom stereocenters. The number of aliphatic hydroxyl groups excluding tert-OH is 1. The van der Waals surface area contributed by atoms with Crippen LogP contribution in [-0.4, -0.2) is 113 Å². The van der Waals surface area contributed by atoms with E-state index in [1.165, 1.54) is 7.11 Å². The normalized spacial score (nSPS) is 21.1. The van der Waals surface area contributed by atoms with Gasteiger partial charge in [-0.15, -0.1) is 12.4 Å². The van der Waals surface area contributed by atoms with Crippen LogP contribution in [0.2, 0.25) is 0 Å². The number of benzene rings is 2. The lowest BCUT2D eigenvalue weighted by molar-refractivity contribution is -0.167. The number of nitrogens with one attached hydrogen (secondary N) is 2. The van der Waals surface area contributed by atoms with Crippen molar-refractivity contribution in [1.29, 1.82) is 0 Å². The van der Waals surface area contributed by atoms with Crippen LogP contribution in [0.3, 0.4) is 0 Å². The summed E-state index contributed by atoms with van der Waals surface area (Å²) in [4.78, 5) is 31.4. The molecule has 2 atom stereocenters. The summed E-state index contributed by atoms with van der Waals surface area (Å²) in [7, 11) is -0.373. The second kappa shape index (κ2) is 15.8. The minimum absolute atomic E-state index is 0. The van der Waals surface area contributed by atoms with Crippen molar-refractivity contribution in [2.75, 3.05) is 64.7 Å². The maximum Gasteiger partial charge on any atom is 0.248 e. The fourth-order valence-electron chi connectivity index (χ4n) is 6.56. The third-order valence-corrected chi connectivity index (χ3v) is 9.68. The topological polar surface area (TPSA) is 156 Å². The Morgan fingerprint density at radius 2 is 1.74 bits per heavy atom. The number of halogens is 1. The number of piperidine rings is 1. The fourth-order valence-corrected chi connectivity index (χ4v) is 7.12. The number of aliphatic hydroxyl groups is 1. The Kier molecular flexibility index (Phi) is 12.4. The quantitative estimate of drug-likeness (QED) is 0.301. The Labute approximate surface area is 282 Å². The molecule has 0 aliphatic carbocycles. The Hall–Kier alpha value is -3.14. The van der Waals surface area contributed by atoms with Gasteiger partial charge in [-0.05, 0) is 61.4 Å². The Morgan fingerprint density at radius 3 is 2.36 bits per heavy atom. The second-order valence-electron chi connectivity index (χ2n) is 12.2. The van der Waals surface area contributed by atoms with Gasteiger partial charge in [0.2, 0.25) is 21.8 Å². The molecule has 15 heteroatoms. The first kappa shape index (κ1) is 36.7. The number of ether oxygens (including phenoxy) is 4. The van der Waals surface area contributed by atoms with Gasteiger partial charge in [-0.3, -0.25) is 19.2 Å². The molecule has 3 aliphatic heterocycles. The number of nitrogens with zero attached hydrogens (tertiary/aromatic N) is 2. The SMILES string of the molecule is COCCN1C(=O)[C@@H]([C@H](O)C2CCOCC2)NC(=O)C12CCN(Cc1ccc(Oc3ccc(NS(C)(=O)=O)cc3OC)cc1)CC2.Cl. The lowest BCUT2D eigenvalue weighted by atomic mass is 9.79. The molecule has 2 aromatic rings. The molecule has 3 fully saturated rings. The molecule has 0 saturated carbocycles. The third kappa shape index (κ3) is 8.67. The van der Waals surface area contributed by atoms with Crippen LogP contribution in [0.4, 0.5) is 5.69 Å². The van der Waals surface area contributed by atoms with Gasteiger partial charge >= 0.3 is 0 Å². The molecular formula is C32H45ClN4O9S. The van der Waals surface area contributed by atoms with E-state index in [0.717, 1.165) is 11.8 Å². The summed E-state index contributed by atoms with van der Waals surface area (Å²) < 4.78 is 47.6. The number of likely N-dealkylation sites (tertiary alicyclic amines) is 1. The van der Waals surface area contributed by atoms with Crippen LogP contribution >= 0.6 is 12.4 Å². The first-order chi connectivity index (χ1) is 22.0. The first-order valence-corrected chi connectivity index (χ1v) is 17.4. The minimum atomic E-state index is -3.43. The molecule has 13 nitrogen and oxygen atoms in total. The number of anilines is 1. The highest BCUT2D eigenvalue weighted by molar-refractivity contribution is 7.92. The molecule has 47 heavy (non-hydrogen) atoms. The maximum atomic E-state index is 13.8. The largest absolute Gasteiger partial charge is 0.493 e. The van der Waals surface area contributed by atoms with Crippen molar-refractivity contribution in [3.05, 3.63) is 48.0 Å². The lowest BCUT2D eigenvalue weighted by Crippen LogP contribution is -2.75. The van der Waals surface area contributed by atoms with E-state index in [0.29, 0.717) is 88.1 Å². The second-order valence-corrected chi connectivity index (χ2v) is 13.9. The van der Waals surface area contributed by atoms with E-state index in [1.54, 1.807) is 30.2 Å². The number of piperazine rings is 1. The molecule has 3 heterocycles. The molecule has 0 bridgehead atoms. The van der Waals surface area contributed by atoms with Crippen LogP contribution in [0, 0.1) is 5.92 Å². The standard InChI is InChI=1S/C32H44N4O9S.ClH/c1-42-19-16-36-30(38)28(29(37)23-10-17-44-18-11-23)33-31(39)32(36)12-14-35(15-13-32)21-22-4-7-25(8-5-22)45-26-9-6-24(20-27(26)43-2)34-46(3,40)41;/h4-9,20,23,28-29,34,37H,10-19,21H2,1-3H3,(H,33,39);1H/t28-,29-;/m1./s1. The van der Waals surface area contributed by atoms with Crippen molar-refractivity contribution in [1.82, 2.24) is 15.1 Å². The summed E-state index contributed by atoms with van der Waals surface area (Å²) in [5, 5.41) is 14.0. The van der Waals surface area contributed by atoms with Gasteiger partial charge in [0, 0.05) is 52.6 Å². The van der Waals surface area contributed by atoms with Crippen LogP contribution in [0.15, 0.2) is 42.5 Å². The molecule has 1 spiro atoms. The Balaban J connectivity index is 0.00000500. The molecular weight excluding hydrogens is 652 g/mol. The zero-order valence-corrected chi connectivity index (χ0v) is 28.6. The first-order valence-electron chi connectivity index (χ1n) is 15.5. The Morgan fingerprint density at radius 1 is 1.06 bits per heavy atom. The molecule has 260 valence electrons. The average molecular weight is 697 g/mol. The van der Waals surface area contributed by atoms with E-state index in [4.69, 9.17) is 18.9 Å². The molecule has 3 saturated heterocycles. The predicted molar refractivity (Wildman–Crippen MR) is 178 cm³/mol. The van der Waals surface area contributed by atoms with Crippen molar-refractivity contribution >= 4 is 39.9 Å². The van der Waals surface area contributed by atoms with E-state index >= 15 is 0 Å². The van der Waals surface area contributed by atoms with Gasteiger partial charge in [0.25, 0.3) is 0 Å². The number of hydrogen-bond acceptors (Lipinski definition) is 10. The van der Waals surface area contributed by atoms with E-state index in [2.05, 4.69) is 14.9 Å². The van der Waals surface area contributed by atoms with Gasteiger partial charge < -0.3 is 34.3 Å². The van der Waals surface area contributed by atoms with E-state index in [1.807, 2.05) is 24.3 Å². The number of carbonyl (C=O) groups is 2. The molecule has 2 aromatic carbocycles. The van der Waals surface area contributed by atoms with Gasteiger partial charge in [0.1, 0.15) is 17.3 Å². The molecule has 0 radical (unpaired) electrons. The van der Waals surface area contributed by atoms with E-state index < -0.39 is 27.7 Å². The monoisotopic (exact) mass is 696 g/mol. The fraction of sp³-hybridized carbons (Fsp3) is 0.562. The highest BCUT2D eigenvalue weighted by Crippen LogP contribution is 2.36. The van der Waals surface area contributed by atoms with Crippen molar-refractivity contribution in [3.8, 4) is 17.2 Å². The maximum absolute atomic E-state index is 13.8. The number of sulfonamides is 1. The summed E-state index contributed by atoms with van der Waals surface area (Å²) in [5.41, 5.74) is 0.443. The van der Waals surface area contributed by atoms with Gasteiger partial charge in [-0.2, -0.15) is 0 Å². The van der Waals surface area contributed by atoms with Crippen molar-refractivity contribution in [2.24, 2.45) is 5.92 Å². The number of methoxy groups -OCH3 is 2. The smallest absolute Gasteiger partial charge is 0.248 e. The highest BCUT2D eigenvalue weighted by Gasteiger charge is 2.55. The molecule has 3 aliphatic rings. The van der Waals surface area contributed by atoms with Crippen molar-refractivity contribution < 1.29 is 42.1 Å². The van der Waals surface area contributed by atoms with E-state index in [9.17, 15) is 23.1 Å². The summed E-state index contributed by atoms with van der Waals surface area (Å²) in [6.45, 7) is 3.53. The Bertz CT molecular complexity index is 1480. The van der Waals surface area contributed by atoms with Crippen LogP contribution < -0.4 is 19.5 Å². The molecule has 2 amide bonds. The summed E-state index contributed by atoms with van der Waals surface area (Å²) in [6.07, 6.45) is 2.36. The minimum Gasteiger partial charge on any atom is -0.493 e. The average Bonchev–Trinajstić information content (AvgIpc) is 3.04. The number of rotatable bonds is 12. The summed E-state index contributed by atoms with van der Waals surface area (Å²) in [5.74, 6) is 0.846. The van der Waals surface area contributed by atoms with Crippen molar-refractivity contribution in [3.63, 3.8) is 0 Å². The lowest BCUT2D eigenvalue weighted by Gasteiger charge is -2.52. The molecule has 3 N–H and O–H groups in total. The zero-order chi connectivity index (χ0) is 32.9. The van der Waals surface area contributed by atoms with Crippen molar-refractivity contribution in [2.45, 2.75) is 49.9 Å².